The fourth-order valence-corrected chi connectivity index (χ4v) is 4.28. The Morgan fingerprint density at radius 1 is 1.12 bits per heavy atom. The van der Waals surface area contributed by atoms with Crippen LogP contribution in [0.5, 0.6) is 0 Å². The average molecular weight is 572 g/mol. The highest BCUT2D eigenvalue weighted by atomic mass is 19.1. The molecule has 2 aromatic heterocycles. The first-order chi connectivity index (χ1) is 20.2. The van der Waals surface area contributed by atoms with Gasteiger partial charge >= 0.3 is 11.8 Å². The number of esters is 1. The zero-order valence-electron chi connectivity index (χ0n) is 22.5. The third-order valence-electron chi connectivity index (χ3n) is 6.61. The van der Waals surface area contributed by atoms with Crippen LogP contribution < -0.4 is 11.1 Å². The lowest BCUT2D eigenvalue weighted by atomic mass is 9.91. The molecule has 42 heavy (non-hydrogen) atoms. The monoisotopic (exact) mass is 571 g/mol. The van der Waals surface area contributed by atoms with Crippen LogP contribution in [-0.4, -0.2) is 51.6 Å². The number of benzene rings is 2. The number of hydrogen-bond donors (Lipinski definition) is 3. The van der Waals surface area contributed by atoms with Gasteiger partial charge in [-0.15, -0.1) is 0 Å². The fourth-order valence-electron chi connectivity index (χ4n) is 4.28. The van der Waals surface area contributed by atoms with Crippen LogP contribution in [-0.2, 0) is 36.1 Å². The second-order valence-electron chi connectivity index (χ2n) is 9.77. The molecule has 1 amide bonds. The summed E-state index contributed by atoms with van der Waals surface area (Å²) in [6, 6.07) is 18.7. The van der Waals surface area contributed by atoms with Gasteiger partial charge in [-0.25, -0.2) is 19.3 Å². The molecule has 1 saturated heterocycles. The molecule has 0 unspecified atom stereocenters. The molecule has 0 saturated carbocycles. The molecule has 3 heterocycles. The van der Waals surface area contributed by atoms with E-state index < -0.39 is 35.5 Å². The topological polar surface area (TPSA) is 178 Å². The van der Waals surface area contributed by atoms with Crippen LogP contribution in [0.4, 0.5) is 10.3 Å². The lowest BCUT2D eigenvalue weighted by molar-refractivity contribution is -0.293. The van der Waals surface area contributed by atoms with Crippen LogP contribution in [0.1, 0.15) is 18.3 Å². The lowest BCUT2D eigenvalue weighted by Gasteiger charge is -2.40. The Bertz CT molecular complexity index is 1630. The van der Waals surface area contributed by atoms with Crippen molar-refractivity contribution in [2.75, 3.05) is 25.1 Å². The van der Waals surface area contributed by atoms with Crippen LogP contribution >= 0.6 is 0 Å². The van der Waals surface area contributed by atoms with Gasteiger partial charge in [-0.05, 0) is 42.8 Å². The summed E-state index contributed by atoms with van der Waals surface area (Å²) >= 11 is 0. The number of ether oxygens (including phenoxy) is 3. The number of amides is 1. The van der Waals surface area contributed by atoms with Crippen LogP contribution in [0.2, 0.25) is 0 Å². The molecule has 5 rings (SSSR count). The van der Waals surface area contributed by atoms with Crippen molar-refractivity contribution in [3.63, 3.8) is 0 Å². The minimum Gasteiger partial charge on any atom is -0.450 e. The molecule has 4 aromatic rings. The maximum Gasteiger partial charge on any atom is 0.317 e. The quantitative estimate of drug-likeness (QED) is 0.253. The molecule has 214 valence electrons. The molecule has 0 aliphatic carbocycles. The standard InChI is InChI=1S/C29H26FN7O5/c1-28(26(39)40-14-12-31)16-41-29(24(32)38,42-17-28)25-36-22(19-7-9-20(30)10-8-19)23(37-25)21-11-13-33-27(35-21)34-15-18-5-3-2-4-6-18/h2-11,13H,14-17H2,1H3,(H2,32,38)(H,36,37)(H,33,34,35). The molecule has 0 atom stereocenters. The minimum atomic E-state index is -2.19. The van der Waals surface area contributed by atoms with Crippen LogP contribution in [0.25, 0.3) is 22.6 Å². The highest BCUT2D eigenvalue weighted by Gasteiger charge is 2.54. The first-order valence-corrected chi connectivity index (χ1v) is 12.8. The number of imidazole rings is 1. The van der Waals surface area contributed by atoms with Gasteiger partial charge in [0.05, 0.1) is 30.3 Å². The van der Waals surface area contributed by atoms with Gasteiger partial charge in [0.2, 0.25) is 5.95 Å². The van der Waals surface area contributed by atoms with Gasteiger partial charge in [-0.2, -0.15) is 5.26 Å². The van der Waals surface area contributed by atoms with E-state index in [0.717, 1.165) is 5.56 Å². The minimum absolute atomic E-state index is 0.103. The molecule has 1 aliphatic rings. The Morgan fingerprint density at radius 3 is 2.50 bits per heavy atom. The second-order valence-corrected chi connectivity index (χ2v) is 9.77. The smallest absolute Gasteiger partial charge is 0.317 e. The number of H-pyrrole nitrogens is 1. The normalized spacial score (nSPS) is 19.9. The Kier molecular flexibility index (Phi) is 7.92. The molecule has 2 aromatic carbocycles. The molecule has 1 fully saturated rings. The Labute approximate surface area is 239 Å². The van der Waals surface area contributed by atoms with E-state index in [1.807, 2.05) is 30.3 Å². The summed E-state index contributed by atoms with van der Waals surface area (Å²) < 4.78 is 30.3. The van der Waals surface area contributed by atoms with E-state index in [-0.39, 0.29) is 19.0 Å². The molecular weight excluding hydrogens is 545 g/mol. The number of hydrogen-bond acceptors (Lipinski definition) is 10. The molecule has 4 N–H and O–H groups in total. The summed E-state index contributed by atoms with van der Waals surface area (Å²) in [4.78, 5) is 41.9. The van der Waals surface area contributed by atoms with E-state index in [1.54, 1.807) is 18.3 Å². The van der Waals surface area contributed by atoms with Crippen molar-refractivity contribution in [2.45, 2.75) is 19.3 Å². The van der Waals surface area contributed by atoms with Gasteiger partial charge in [-0.3, -0.25) is 9.59 Å². The van der Waals surface area contributed by atoms with Gasteiger partial charge in [0.25, 0.3) is 5.91 Å². The highest BCUT2D eigenvalue weighted by Crippen LogP contribution is 2.39. The van der Waals surface area contributed by atoms with Crippen molar-refractivity contribution in [3.05, 3.63) is 84.1 Å². The molecule has 13 heteroatoms. The number of aromatic nitrogens is 4. The molecule has 12 nitrogen and oxygen atoms in total. The van der Waals surface area contributed by atoms with E-state index in [0.29, 0.717) is 35.1 Å². The number of nitrogens with one attached hydrogen (secondary N) is 2. The third-order valence-corrected chi connectivity index (χ3v) is 6.61. The zero-order chi connectivity index (χ0) is 29.7. The van der Waals surface area contributed by atoms with Crippen LogP contribution in [0.15, 0.2) is 66.9 Å². The number of nitrogens with two attached hydrogens (primary N) is 1. The summed E-state index contributed by atoms with van der Waals surface area (Å²) in [5.74, 6) is -4.16. The number of primary amides is 1. The number of rotatable bonds is 9. The third kappa shape index (κ3) is 5.67. The maximum atomic E-state index is 13.8. The first kappa shape index (κ1) is 28.3. The van der Waals surface area contributed by atoms with Crippen molar-refractivity contribution in [3.8, 4) is 28.7 Å². The number of nitriles is 1. The molecule has 0 spiro atoms. The summed E-state index contributed by atoms with van der Waals surface area (Å²) in [6.45, 7) is 0.914. The Balaban J connectivity index is 1.51. The summed E-state index contributed by atoms with van der Waals surface area (Å²) in [5.41, 5.74) is 7.06. The molecule has 0 radical (unpaired) electrons. The first-order valence-electron chi connectivity index (χ1n) is 12.8. The van der Waals surface area contributed by atoms with E-state index >= 15 is 0 Å². The number of nitrogens with zero attached hydrogens (tertiary/aromatic N) is 4. The second kappa shape index (κ2) is 11.7. The number of carbonyl (C=O) groups excluding carboxylic acids is 2. The van der Waals surface area contributed by atoms with Crippen LogP contribution in [0, 0.1) is 22.6 Å². The van der Waals surface area contributed by atoms with Gasteiger partial charge in [0, 0.05) is 18.3 Å². The van der Waals surface area contributed by atoms with Crippen molar-refractivity contribution in [1.29, 1.82) is 5.26 Å². The number of anilines is 1. The zero-order valence-corrected chi connectivity index (χ0v) is 22.5. The summed E-state index contributed by atoms with van der Waals surface area (Å²) in [5, 5.41) is 11.9. The number of carbonyl (C=O) groups is 2. The average Bonchev–Trinajstić information content (AvgIpc) is 3.46. The van der Waals surface area contributed by atoms with Gasteiger partial charge in [0.1, 0.15) is 17.3 Å². The van der Waals surface area contributed by atoms with E-state index in [4.69, 9.17) is 25.2 Å². The highest BCUT2D eigenvalue weighted by molar-refractivity contribution is 5.85. The van der Waals surface area contributed by atoms with Crippen LogP contribution in [0.3, 0.4) is 0 Å². The van der Waals surface area contributed by atoms with Gasteiger partial charge in [0.15, 0.2) is 12.4 Å². The SMILES string of the molecule is CC1(C(=O)OCC#N)COC(C(N)=O)(c2nc(-c3ccc(F)cc3)c(-c3ccnc(NCc4ccccc4)n3)[nH]2)OC1. The maximum absolute atomic E-state index is 13.8. The fraction of sp³-hybridized carbons (Fsp3) is 0.241. The van der Waals surface area contributed by atoms with E-state index in [2.05, 4.69) is 25.3 Å². The van der Waals surface area contributed by atoms with Gasteiger partial charge < -0.3 is 30.2 Å². The summed E-state index contributed by atoms with van der Waals surface area (Å²) in [6.07, 6.45) is 1.56. The molecule has 0 bridgehead atoms. The van der Waals surface area contributed by atoms with E-state index in [1.165, 1.54) is 31.2 Å². The Morgan fingerprint density at radius 2 is 1.83 bits per heavy atom. The Hall–Kier alpha value is -5.19. The summed E-state index contributed by atoms with van der Waals surface area (Å²) in [7, 11) is 0. The number of aromatic amines is 1. The van der Waals surface area contributed by atoms with Crippen molar-refractivity contribution in [2.24, 2.45) is 11.1 Å². The largest absolute Gasteiger partial charge is 0.450 e. The molecule has 1 aliphatic heterocycles. The van der Waals surface area contributed by atoms with E-state index in [9.17, 15) is 14.0 Å². The van der Waals surface area contributed by atoms with Crippen molar-refractivity contribution in [1.82, 2.24) is 19.9 Å². The van der Waals surface area contributed by atoms with Crippen molar-refractivity contribution >= 4 is 17.8 Å². The molecular formula is C29H26FN7O5. The predicted molar refractivity (Wildman–Crippen MR) is 146 cm³/mol. The van der Waals surface area contributed by atoms with Crippen molar-refractivity contribution < 1.29 is 28.2 Å². The number of halogens is 1. The predicted octanol–water partition coefficient (Wildman–Crippen LogP) is 3.04. The van der Waals surface area contributed by atoms with Gasteiger partial charge in [-0.1, -0.05) is 30.3 Å². The lowest BCUT2D eigenvalue weighted by Crippen LogP contribution is -2.56.